The molecule has 1 nitrogen and oxygen atoms in total. The van der Waals surface area contributed by atoms with E-state index >= 15 is 0 Å². The minimum atomic E-state index is 0.148. The van der Waals surface area contributed by atoms with E-state index in [1.54, 1.807) is 4.88 Å². The maximum absolute atomic E-state index is 6.36. The van der Waals surface area contributed by atoms with Gasteiger partial charge in [0.2, 0.25) is 0 Å². The van der Waals surface area contributed by atoms with E-state index in [1.807, 2.05) is 36.6 Å². The van der Waals surface area contributed by atoms with Crippen LogP contribution in [-0.2, 0) is 12.8 Å². The molecule has 0 amide bonds. The predicted octanol–water partition coefficient (Wildman–Crippen LogP) is 5.24. The Morgan fingerprint density at radius 3 is 2.65 bits per heavy atom. The molecule has 1 unspecified atom stereocenters. The Bertz CT molecular complexity index is 597. The van der Waals surface area contributed by atoms with E-state index in [2.05, 4.69) is 11.4 Å². The van der Waals surface area contributed by atoms with E-state index in [1.165, 1.54) is 36.1 Å². The molecule has 0 saturated heterocycles. The Kier molecular flexibility index (Phi) is 4.37. The minimum Gasteiger partial charge on any atom is -0.309 e. The number of nitrogens with one attached hydrogen (secondary N) is 1. The highest BCUT2D eigenvalue weighted by atomic mass is 35.5. The summed E-state index contributed by atoms with van der Waals surface area (Å²) in [4.78, 5) is 2.90. The number of hydrogen-bond donors (Lipinski definition) is 1. The van der Waals surface area contributed by atoms with Crippen molar-refractivity contribution < 1.29 is 0 Å². The zero-order valence-corrected chi connectivity index (χ0v) is 13.7. The van der Waals surface area contributed by atoms with Crippen molar-refractivity contribution in [3.05, 3.63) is 55.2 Å². The molecule has 4 heteroatoms. The van der Waals surface area contributed by atoms with E-state index < -0.39 is 0 Å². The smallest absolute Gasteiger partial charge is 0.0683 e. The van der Waals surface area contributed by atoms with Crippen LogP contribution in [0.1, 0.15) is 39.8 Å². The first-order valence-corrected chi connectivity index (χ1v) is 8.50. The molecule has 0 fully saturated rings. The van der Waals surface area contributed by atoms with Gasteiger partial charge >= 0.3 is 0 Å². The van der Waals surface area contributed by atoms with Crippen molar-refractivity contribution in [2.24, 2.45) is 0 Å². The number of fused-ring (bicyclic) bond motifs is 1. The summed E-state index contributed by atoms with van der Waals surface area (Å²) in [6.07, 6.45) is 5.08. The number of halogens is 2. The topological polar surface area (TPSA) is 12.0 Å². The second kappa shape index (κ2) is 6.07. The monoisotopic (exact) mass is 325 g/mol. The van der Waals surface area contributed by atoms with Crippen molar-refractivity contribution in [2.45, 2.75) is 31.7 Å². The highest BCUT2D eigenvalue weighted by Gasteiger charge is 2.21. The molecule has 1 aliphatic rings. The first-order valence-electron chi connectivity index (χ1n) is 6.92. The van der Waals surface area contributed by atoms with Crippen molar-refractivity contribution in [3.8, 4) is 0 Å². The van der Waals surface area contributed by atoms with Crippen molar-refractivity contribution in [1.29, 1.82) is 0 Å². The van der Waals surface area contributed by atoms with Gasteiger partial charge in [0.25, 0.3) is 0 Å². The number of rotatable bonds is 3. The van der Waals surface area contributed by atoms with Crippen molar-refractivity contribution in [2.75, 3.05) is 7.05 Å². The lowest BCUT2D eigenvalue weighted by Gasteiger charge is -2.16. The molecular formula is C16H17Cl2NS. The van der Waals surface area contributed by atoms with Gasteiger partial charge in [0.1, 0.15) is 0 Å². The molecule has 20 heavy (non-hydrogen) atoms. The molecule has 0 radical (unpaired) electrons. The molecule has 1 heterocycles. The third-order valence-electron chi connectivity index (χ3n) is 3.86. The van der Waals surface area contributed by atoms with Crippen LogP contribution in [0.2, 0.25) is 10.0 Å². The minimum absolute atomic E-state index is 0.148. The lowest BCUT2D eigenvalue weighted by Crippen LogP contribution is -2.16. The highest BCUT2D eigenvalue weighted by Crippen LogP contribution is 2.37. The zero-order valence-electron chi connectivity index (χ0n) is 11.4. The summed E-state index contributed by atoms with van der Waals surface area (Å²) in [5.41, 5.74) is 2.62. The molecular weight excluding hydrogens is 309 g/mol. The van der Waals surface area contributed by atoms with E-state index in [0.717, 1.165) is 10.6 Å². The number of hydrogen-bond acceptors (Lipinski definition) is 2. The summed E-state index contributed by atoms with van der Waals surface area (Å²) >= 11 is 14.3. The molecule has 0 aliphatic heterocycles. The van der Waals surface area contributed by atoms with E-state index in [-0.39, 0.29) is 6.04 Å². The quantitative estimate of drug-likeness (QED) is 0.813. The normalized spacial score (nSPS) is 15.9. The average Bonchev–Trinajstić information content (AvgIpc) is 2.85. The fraction of sp³-hybridized carbons (Fsp3) is 0.375. The number of thiophene rings is 1. The third kappa shape index (κ3) is 2.75. The third-order valence-corrected chi connectivity index (χ3v) is 5.73. The highest BCUT2D eigenvalue weighted by molar-refractivity contribution is 7.12. The van der Waals surface area contributed by atoms with Crippen LogP contribution in [0.4, 0.5) is 0 Å². The fourth-order valence-corrected chi connectivity index (χ4v) is 4.75. The molecule has 1 N–H and O–H groups in total. The lowest BCUT2D eigenvalue weighted by atomic mass is 9.98. The van der Waals surface area contributed by atoms with Crippen LogP contribution < -0.4 is 5.32 Å². The van der Waals surface area contributed by atoms with Crippen LogP contribution in [0.3, 0.4) is 0 Å². The molecule has 0 saturated carbocycles. The maximum Gasteiger partial charge on any atom is 0.0683 e. The van der Waals surface area contributed by atoms with Gasteiger partial charge in [0.15, 0.2) is 0 Å². The van der Waals surface area contributed by atoms with E-state index in [9.17, 15) is 0 Å². The molecule has 1 aromatic carbocycles. The Labute approximate surface area is 133 Å². The van der Waals surface area contributed by atoms with Crippen molar-refractivity contribution >= 4 is 34.5 Å². The van der Waals surface area contributed by atoms with Gasteiger partial charge in [-0.15, -0.1) is 11.3 Å². The van der Waals surface area contributed by atoms with Gasteiger partial charge in [-0.3, -0.25) is 0 Å². The molecule has 1 aliphatic carbocycles. The lowest BCUT2D eigenvalue weighted by molar-refractivity contribution is 0.691. The predicted molar refractivity (Wildman–Crippen MR) is 88.3 cm³/mol. The van der Waals surface area contributed by atoms with Gasteiger partial charge in [-0.05, 0) is 62.1 Å². The molecule has 0 spiro atoms. The first-order chi connectivity index (χ1) is 9.69. The second-order valence-electron chi connectivity index (χ2n) is 5.19. The standard InChI is InChI=1S/C16H17Cl2NS/c1-19-16(12-7-6-11(17)9-13(12)18)15-8-10-4-2-3-5-14(10)20-15/h6-9,16,19H,2-5H2,1H3. The van der Waals surface area contributed by atoms with Crippen LogP contribution in [0.25, 0.3) is 0 Å². The van der Waals surface area contributed by atoms with Crippen LogP contribution in [0, 0.1) is 0 Å². The summed E-state index contributed by atoms with van der Waals surface area (Å²) in [6.45, 7) is 0. The molecule has 2 aromatic rings. The molecule has 106 valence electrons. The molecule has 0 bridgehead atoms. The summed E-state index contributed by atoms with van der Waals surface area (Å²) < 4.78 is 0. The second-order valence-corrected chi connectivity index (χ2v) is 7.20. The van der Waals surface area contributed by atoms with E-state index in [4.69, 9.17) is 23.2 Å². The Morgan fingerprint density at radius 1 is 1.15 bits per heavy atom. The van der Waals surface area contributed by atoms with Crippen LogP contribution in [0.15, 0.2) is 24.3 Å². The first kappa shape index (κ1) is 14.4. The van der Waals surface area contributed by atoms with Crippen molar-refractivity contribution in [3.63, 3.8) is 0 Å². The zero-order chi connectivity index (χ0) is 14.1. The summed E-state index contributed by atoms with van der Waals surface area (Å²) in [7, 11) is 1.98. The van der Waals surface area contributed by atoms with Crippen LogP contribution in [0.5, 0.6) is 0 Å². The summed E-state index contributed by atoms with van der Waals surface area (Å²) in [5, 5.41) is 4.79. The largest absolute Gasteiger partial charge is 0.309 e. The van der Waals surface area contributed by atoms with Gasteiger partial charge in [0, 0.05) is 19.8 Å². The van der Waals surface area contributed by atoms with Gasteiger partial charge in [0.05, 0.1) is 6.04 Å². The maximum atomic E-state index is 6.36. The summed E-state index contributed by atoms with van der Waals surface area (Å²) in [6, 6.07) is 8.24. The SMILES string of the molecule is CNC(c1cc2c(s1)CCCC2)c1ccc(Cl)cc1Cl. The van der Waals surface area contributed by atoms with Gasteiger partial charge in [-0.25, -0.2) is 0 Å². The molecule has 1 aromatic heterocycles. The fourth-order valence-electron chi connectivity index (χ4n) is 2.84. The van der Waals surface area contributed by atoms with Crippen LogP contribution in [-0.4, -0.2) is 7.05 Å². The van der Waals surface area contributed by atoms with Crippen molar-refractivity contribution in [1.82, 2.24) is 5.32 Å². The molecule has 3 rings (SSSR count). The van der Waals surface area contributed by atoms with Crippen LogP contribution >= 0.6 is 34.5 Å². The van der Waals surface area contributed by atoms with Gasteiger partial charge in [-0.1, -0.05) is 29.3 Å². The van der Waals surface area contributed by atoms with Gasteiger partial charge in [-0.2, -0.15) is 0 Å². The molecule has 1 atom stereocenters. The Morgan fingerprint density at radius 2 is 1.95 bits per heavy atom. The number of benzene rings is 1. The average molecular weight is 326 g/mol. The Balaban J connectivity index is 1.98. The number of aryl methyl sites for hydroxylation is 2. The van der Waals surface area contributed by atoms with Gasteiger partial charge < -0.3 is 5.32 Å². The van der Waals surface area contributed by atoms with E-state index in [0.29, 0.717) is 5.02 Å². The summed E-state index contributed by atoms with van der Waals surface area (Å²) in [5.74, 6) is 0. The Hall–Kier alpha value is -0.540.